The highest BCUT2D eigenvalue weighted by molar-refractivity contribution is 5.95. The van der Waals surface area contributed by atoms with Crippen LogP contribution < -0.4 is 10.6 Å². The molecule has 0 heterocycles. The van der Waals surface area contributed by atoms with E-state index < -0.39 is 0 Å². The molecule has 1 aliphatic carbocycles. The van der Waals surface area contributed by atoms with E-state index in [4.69, 9.17) is 0 Å². The molecule has 21 heavy (non-hydrogen) atoms. The van der Waals surface area contributed by atoms with Gasteiger partial charge in [-0.2, -0.15) is 0 Å². The van der Waals surface area contributed by atoms with Gasteiger partial charge in [0.25, 0.3) is 0 Å². The average molecular weight is 288 g/mol. The lowest BCUT2D eigenvalue weighted by atomic mass is 9.83. The van der Waals surface area contributed by atoms with Crippen molar-refractivity contribution in [2.75, 3.05) is 11.9 Å². The molecule has 2 rings (SSSR count). The number of anilines is 1. The maximum absolute atomic E-state index is 11.8. The maximum atomic E-state index is 11.8. The molecule has 0 unspecified atom stereocenters. The first kappa shape index (κ1) is 15.5. The zero-order valence-electron chi connectivity index (χ0n) is 12.8. The van der Waals surface area contributed by atoms with Gasteiger partial charge in [-0.3, -0.25) is 4.79 Å². The number of Topliss-reactive ketones (excluding diaryl/α,β-unsaturated/α-hetero) is 1. The molecule has 4 heteroatoms. The number of hydrogen-bond donors (Lipinski definition) is 2. The van der Waals surface area contributed by atoms with Crippen LogP contribution in [0.25, 0.3) is 0 Å². The predicted octanol–water partition coefficient (Wildman–Crippen LogP) is 3.84. The van der Waals surface area contributed by atoms with Crippen LogP contribution in [-0.4, -0.2) is 18.4 Å². The molecule has 0 atom stereocenters. The Hall–Kier alpha value is -1.84. The van der Waals surface area contributed by atoms with Crippen molar-refractivity contribution in [1.82, 2.24) is 5.32 Å². The van der Waals surface area contributed by atoms with E-state index in [1.165, 1.54) is 32.6 Å². The molecule has 1 aromatic rings. The molecule has 4 nitrogen and oxygen atoms in total. The summed E-state index contributed by atoms with van der Waals surface area (Å²) in [5, 5.41) is 5.73. The molecular formula is C17H24N2O2. The summed E-state index contributed by atoms with van der Waals surface area (Å²) in [6.45, 7) is 4.56. The molecule has 0 aromatic heterocycles. The topological polar surface area (TPSA) is 58.2 Å². The fourth-order valence-corrected chi connectivity index (χ4v) is 2.73. The number of rotatable bonds is 4. The summed E-state index contributed by atoms with van der Waals surface area (Å²) in [7, 11) is 0. The van der Waals surface area contributed by atoms with E-state index in [-0.39, 0.29) is 11.8 Å². The molecule has 114 valence electrons. The first-order valence-electron chi connectivity index (χ1n) is 7.70. The molecule has 0 saturated heterocycles. The average Bonchev–Trinajstić information content (AvgIpc) is 2.47. The Bertz CT molecular complexity index is 488. The summed E-state index contributed by atoms with van der Waals surface area (Å²) in [6, 6.07) is 6.77. The molecule has 1 aromatic carbocycles. The second-order valence-electron chi connectivity index (χ2n) is 6.09. The third-order valence-electron chi connectivity index (χ3n) is 4.24. The third kappa shape index (κ3) is 4.88. The number of ketones is 1. The Balaban J connectivity index is 1.75. The van der Waals surface area contributed by atoms with Gasteiger partial charge in [-0.05, 0) is 55.9 Å². The highest BCUT2D eigenvalue weighted by Crippen LogP contribution is 2.27. The summed E-state index contributed by atoms with van der Waals surface area (Å²) >= 11 is 0. The fraction of sp³-hybridized carbons (Fsp3) is 0.529. The Morgan fingerprint density at radius 2 is 1.71 bits per heavy atom. The minimum Gasteiger partial charge on any atom is -0.338 e. The Morgan fingerprint density at radius 1 is 1.10 bits per heavy atom. The van der Waals surface area contributed by atoms with Crippen molar-refractivity contribution in [2.45, 2.75) is 39.5 Å². The van der Waals surface area contributed by atoms with E-state index in [0.29, 0.717) is 17.2 Å². The highest BCUT2D eigenvalue weighted by Gasteiger charge is 2.18. The summed E-state index contributed by atoms with van der Waals surface area (Å²) in [5.74, 6) is 1.46. The van der Waals surface area contributed by atoms with Crippen LogP contribution in [0.5, 0.6) is 0 Å². The van der Waals surface area contributed by atoms with Gasteiger partial charge in [-0.15, -0.1) is 0 Å². The molecule has 2 amide bonds. The number of nitrogens with one attached hydrogen (secondary N) is 2. The molecule has 0 radical (unpaired) electrons. The van der Waals surface area contributed by atoms with Crippen molar-refractivity contribution < 1.29 is 9.59 Å². The van der Waals surface area contributed by atoms with Crippen LogP contribution in [0.3, 0.4) is 0 Å². The fourth-order valence-electron chi connectivity index (χ4n) is 2.73. The summed E-state index contributed by atoms with van der Waals surface area (Å²) in [5.41, 5.74) is 1.35. The van der Waals surface area contributed by atoms with Crippen LogP contribution in [0.4, 0.5) is 10.5 Å². The van der Waals surface area contributed by atoms with Gasteiger partial charge >= 0.3 is 6.03 Å². The number of urea groups is 1. The van der Waals surface area contributed by atoms with E-state index in [1.807, 2.05) is 0 Å². The first-order chi connectivity index (χ1) is 10.0. The molecule has 0 aliphatic heterocycles. The van der Waals surface area contributed by atoms with Gasteiger partial charge in [0.1, 0.15) is 0 Å². The van der Waals surface area contributed by atoms with Crippen LogP contribution >= 0.6 is 0 Å². The Morgan fingerprint density at radius 3 is 2.29 bits per heavy atom. The van der Waals surface area contributed by atoms with Gasteiger partial charge in [0.05, 0.1) is 0 Å². The normalized spacial score (nSPS) is 21.6. The number of carbonyl (C=O) groups excluding carboxylic acids is 2. The van der Waals surface area contributed by atoms with Crippen molar-refractivity contribution in [3.8, 4) is 0 Å². The van der Waals surface area contributed by atoms with Crippen molar-refractivity contribution >= 4 is 17.5 Å². The SMILES string of the molecule is CC(=O)c1ccc(NC(=O)NCC2CCC(C)CC2)cc1. The minimum absolute atomic E-state index is 0.0255. The van der Waals surface area contributed by atoms with Crippen LogP contribution in [0.15, 0.2) is 24.3 Å². The smallest absolute Gasteiger partial charge is 0.319 e. The van der Waals surface area contributed by atoms with E-state index >= 15 is 0 Å². The highest BCUT2D eigenvalue weighted by atomic mass is 16.2. The zero-order valence-corrected chi connectivity index (χ0v) is 12.8. The third-order valence-corrected chi connectivity index (χ3v) is 4.24. The van der Waals surface area contributed by atoms with Crippen LogP contribution in [0.2, 0.25) is 0 Å². The van der Waals surface area contributed by atoms with E-state index in [1.54, 1.807) is 24.3 Å². The molecule has 1 aliphatic rings. The Labute approximate surface area is 126 Å². The second kappa shape index (κ2) is 7.25. The summed E-state index contributed by atoms with van der Waals surface area (Å²) < 4.78 is 0. The number of benzene rings is 1. The van der Waals surface area contributed by atoms with Gasteiger partial charge < -0.3 is 10.6 Å². The van der Waals surface area contributed by atoms with Gasteiger partial charge in [-0.1, -0.05) is 19.8 Å². The second-order valence-corrected chi connectivity index (χ2v) is 6.09. The van der Waals surface area contributed by atoms with Crippen LogP contribution in [0, 0.1) is 11.8 Å². The number of carbonyl (C=O) groups is 2. The van der Waals surface area contributed by atoms with Crippen molar-refractivity contribution in [1.29, 1.82) is 0 Å². The van der Waals surface area contributed by atoms with Crippen molar-refractivity contribution in [3.05, 3.63) is 29.8 Å². The zero-order chi connectivity index (χ0) is 15.2. The Kier molecular flexibility index (Phi) is 5.37. The molecule has 1 saturated carbocycles. The lowest BCUT2D eigenvalue weighted by Gasteiger charge is -2.26. The predicted molar refractivity (Wildman–Crippen MR) is 84.6 cm³/mol. The maximum Gasteiger partial charge on any atom is 0.319 e. The summed E-state index contributed by atoms with van der Waals surface area (Å²) in [6.07, 6.45) is 4.93. The van der Waals surface area contributed by atoms with Gasteiger partial charge in [0, 0.05) is 17.8 Å². The first-order valence-corrected chi connectivity index (χ1v) is 7.70. The van der Waals surface area contributed by atoms with Crippen LogP contribution in [0.1, 0.15) is 49.9 Å². The lowest BCUT2D eigenvalue weighted by molar-refractivity contribution is 0.101. The van der Waals surface area contributed by atoms with Gasteiger partial charge in [0.2, 0.25) is 0 Å². The summed E-state index contributed by atoms with van der Waals surface area (Å²) in [4.78, 5) is 23.0. The molecule has 0 spiro atoms. The number of hydrogen-bond acceptors (Lipinski definition) is 2. The van der Waals surface area contributed by atoms with Crippen LogP contribution in [-0.2, 0) is 0 Å². The quantitative estimate of drug-likeness (QED) is 0.827. The van der Waals surface area contributed by atoms with Crippen molar-refractivity contribution in [2.24, 2.45) is 11.8 Å². The van der Waals surface area contributed by atoms with E-state index in [2.05, 4.69) is 17.6 Å². The molecule has 0 bridgehead atoms. The van der Waals surface area contributed by atoms with Gasteiger partial charge in [0.15, 0.2) is 5.78 Å². The lowest BCUT2D eigenvalue weighted by Crippen LogP contribution is -2.34. The molecule has 2 N–H and O–H groups in total. The minimum atomic E-state index is -0.177. The molecule has 1 fully saturated rings. The van der Waals surface area contributed by atoms with Crippen molar-refractivity contribution in [3.63, 3.8) is 0 Å². The standard InChI is InChI=1S/C17H24N2O2/c1-12-3-5-14(6-4-12)11-18-17(21)19-16-9-7-15(8-10-16)13(2)20/h7-10,12,14H,3-6,11H2,1-2H3,(H2,18,19,21). The largest absolute Gasteiger partial charge is 0.338 e. The van der Waals surface area contributed by atoms with E-state index in [0.717, 1.165) is 12.5 Å². The molecular weight excluding hydrogens is 264 g/mol. The number of amides is 2. The van der Waals surface area contributed by atoms with E-state index in [9.17, 15) is 9.59 Å². The monoisotopic (exact) mass is 288 g/mol. The van der Waals surface area contributed by atoms with Gasteiger partial charge in [-0.25, -0.2) is 4.79 Å².